The van der Waals surface area contributed by atoms with Gasteiger partial charge in [-0.2, -0.15) is 0 Å². The summed E-state index contributed by atoms with van der Waals surface area (Å²) >= 11 is 1.39. The number of ketones is 1. The van der Waals surface area contributed by atoms with E-state index in [2.05, 4.69) is 4.98 Å². The van der Waals surface area contributed by atoms with E-state index in [-0.39, 0.29) is 12.2 Å². The first-order valence-corrected chi connectivity index (χ1v) is 7.09. The fourth-order valence-electron chi connectivity index (χ4n) is 2.06. The van der Waals surface area contributed by atoms with Crippen molar-refractivity contribution in [1.82, 2.24) is 4.98 Å². The molecule has 2 heterocycles. The highest BCUT2D eigenvalue weighted by Crippen LogP contribution is 2.26. The molecule has 106 valence electrons. The third-order valence-electron chi connectivity index (χ3n) is 3.16. The van der Waals surface area contributed by atoms with E-state index in [1.54, 1.807) is 26.5 Å². The second-order valence-corrected chi connectivity index (χ2v) is 5.41. The van der Waals surface area contributed by atoms with Crippen LogP contribution in [0.2, 0.25) is 0 Å². The van der Waals surface area contributed by atoms with Crippen LogP contribution in [0, 0.1) is 13.8 Å². The van der Waals surface area contributed by atoms with Gasteiger partial charge in [0.25, 0.3) is 0 Å². The van der Waals surface area contributed by atoms with Crippen LogP contribution in [-0.2, 0) is 6.42 Å². The number of aryl methyl sites for hydroxylation is 1. The number of carbonyl (C=O) groups is 1. The van der Waals surface area contributed by atoms with Gasteiger partial charge in [0, 0.05) is 28.8 Å². The molecule has 0 radical (unpaired) electrons. The second-order valence-electron chi connectivity index (χ2n) is 4.50. The van der Waals surface area contributed by atoms with Crippen LogP contribution in [0.4, 0.5) is 0 Å². The van der Waals surface area contributed by atoms with E-state index >= 15 is 0 Å². The maximum Gasteiger partial charge on any atom is 0.178 e. The van der Waals surface area contributed by atoms with E-state index in [1.165, 1.54) is 11.3 Å². The Labute approximate surface area is 122 Å². The van der Waals surface area contributed by atoms with Gasteiger partial charge in [-0.15, -0.1) is 11.3 Å². The molecule has 0 fully saturated rings. The Kier molecular flexibility index (Phi) is 4.39. The Morgan fingerprint density at radius 1 is 1.30 bits per heavy atom. The standard InChI is InChI=1S/C15H17NO3S/c1-9-7-16-12(10(2)15(9)19-4)6-13(17)14-5-11(18-3)8-20-14/h5,7-8H,6H2,1-4H3. The van der Waals surface area contributed by atoms with Crippen molar-refractivity contribution in [2.24, 2.45) is 0 Å². The maximum atomic E-state index is 12.3. The van der Waals surface area contributed by atoms with Gasteiger partial charge < -0.3 is 9.47 Å². The first kappa shape index (κ1) is 14.5. The van der Waals surface area contributed by atoms with E-state index in [1.807, 2.05) is 19.2 Å². The number of hydrogen-bond donors (Lipinski definition) is 0. The molecule has 0 aliphatic rings. The Morgan fingerprint density at radius 2 is 2.05 bits per heavy atom. The number of methoxy groups -OCH3 is 2. The summed E-state index contributed by atoms with van der Waals surface area (Å²) in [7, 11) is 3.22. The van der Waals surface area contributed by atoms with Crippen LogP contribution in [0.3, 0.4) is 0 Å². The molecule has 4 nitrogen and oxygen atoms in total. The van der Waals surface area contributed by atoms with Crippen LogP contribution in [-0.4, -0.2) is 25.0 Å². The van der Waals surface area contributed by atoms with Gasteiger partial charge in [0.1, 0.15) is 11.5 Å². The third-order valence-corrected chi connectivity index (χ3v) is 4.11. The number of ether oxygens (including phenoxy) is 2. The fourth-order valence-corrected chi connectivity index (χ4v) is 2.86. The molecule has 0 saturated heterocycles. The Balaban J connectivity index is 2.23. The number of Topliss-reactive ketones (excluding diaryl/α,β-unsaturated/α-hetero) is 1. The molecule has 2 aromatic heterocycles. The number of pyridine rings is 1. The summed E-state index contributed by atoms with van der Waals surface area (Å²) in [5.74, 6) is 1.55. The lowest BCUT2D eigenvalue weighted by Gasteiger charge is -2.11. The highest BCUT2D eigenvalue weighted by atomic mass is 32.1. The summed E-state index contributed by atoms with van der Waals surface area (Å²) in [6, 6.07) is 1.76. The van der Waals surface area contributed by atoms with Gasteiger partial charge in [-0.1, -0.05) is 0 Å². The van der Waals surface area contributed by atoms with Crippen molar-refractivity contribution < 1.29 is 14.3 Å². The summed E-state index contributed by atoms with van der Waals surface area (Å²) in [5.41, 5.74) is 2.65. The van der Waals surface area contributed by atoms with Gasteiger partial charge in [0.2, 0.25) is 0 Å². The number of aromatic nitrogens is 1. The zero-order valence-electron chi connectivity index (χ0n) is 12.0. The largest absolute Gasteiger partial charge is 0.496 e. The summed E-state index contributed by atoms with van der Waals surface area (Å²) < 4.78 is 10.5. The number of carbonyl (C=O) groups excluding carboxylic acids is 1. The highest BCUT2D eigenvalue weighted by molar-refractivity contribution is 7.12. The van der Waals surface area contributed by atoms with Crippen molar-refractivity contribution in [3.8, 4) is 11.5 Å². The average Bonchev–Trinajstić information content (AvgIpc) is 2.91. The summed E-state index contributed by atoms with van der Waals surface area (Å²) in [5, 5.41) is 1.82. The van der Waals surface area contributed by atoms with Crippen LogP contribution in [0.1, 0.15) is 26.5 Å². The van der Waals surface area contributed by atoms with Gasteiger partial charge in [0.05, 0.1) is 31.2 Å². The molecule has 0 aromatic carbocycles. The minimum atomic E-state index is 0.0415. The van der Waals surface area contributed by atoms with Crippen molar-refractivity contribution in [2.75, 3.05) is 14.2 Å². The van der Waals surface area contributed by atoms with E-state index in [9.17, 15) is 4.79 Å². The Morgan fingerprint density at radius 3 is 2.65 bits per heavy atom. The summed E-state index contributed by atoms with van der Waals surface area (Å²) in [6.07, 6.45) is 2.01. The number of thiophene rings is 1. The molecule has 0 saturated carbocycles. The SMILES string of the molecule is COc1csc(C(=O)Cc2ncc(C)c(OC)c2C)c1. The van der Waals surface area contributed by atoms with E-state index in [0.717, 1.165) is 22.6 Å². The minimum absolute atomic E-state index is 0.0415. The zero-order chi connectivity index (χ0) is 14.7. The normalized spacial score (nSPS) is 10.4. The summed E-state index contributed by atoms with van der Waals surface area (Å²) in [4.78, 5) is 17.3. The molecule has 0 aliphatic carbocycles. The number of rotatable bonds is 5. The predicted molar refractivity (Wildman–Crippen MR) is 79.2 cm³/mol. The van der Waals surface area contributed by atoms with Gasteiger partial charge in [-0.25, -0.2) is 0 Å². The average molecular weight is 291 g/mol. The molecule has 0 bridgehead atoms. The molecule has 0 unspecified atom stereocenters. The number of hydrogen-bond acceptors (Lipinski definition) is 5. The molecule has 2 rings (SSSR count). The lowest BCUT2D eigenvalue weighted by molar-refractivity contribution is 0.0995. The topological polar surface area (TPSA) is 48.4 Å². The molecular formula is C15H17NO3S. The zero-order valence-corrected chi connectivity index (χ0v) is 12.8. The Hall–Kier alpha value is -1.88. The third kappa shape index (κ3) is 2.82. The van der Waals surface area contributed by atoms with Gasteiger partial charge in [-0.05, 0) is 13.8 Å². The van der Waals surface area contributed by atoms with E-state index < -0.39 is 0 Å². The van der Waals surface area contributed by atoms with Crippen LogP contribution < -0.4 is 9.47 Å². The van der Waals surface area contributed by atoms with E-state index in [4.69, 9.17) is 9.47 Å². The fraction of sp³-hybridized carbons (Fsp3) is 0.333. The van der Waals surface area contributed by atoms with Crippen LogP contribution >= 0.6 is 11.3 Å². The highest BCUT2D eigenvalue weighted by Gasteiger charge is 2.15. The van der Waals surface area contributed by atoms with Crippen molar-refractivity contribution in [3.63, 3.8) is 0 Å². The smallest absolute Gasteiger partial charge is 0.178 e. The maximum absolute atomic E-state index is 12.3. The first-order valence-electron chi connectivity index (χ1n) is 6.21. The lowest BCUT2D eigenvalue weighted by atomic mass is 10.1. The second kappa shape index (κ2) is 6.05. The number of nitrogens with zero attached hydrogens (tertiary/aromatic N) is 1. The van der Waals surface area contributed by atoms with Crippen molar-refractivity contribution in [1.29, 1.82) is 0 Å². The Bertz CT molecular complexity index is 634. The first-order chi connectivity index (χ1) is 9.56. The van der Waals surface area contributed by atoms with Crippen molar-refractivity contribution in [2.45, 2.75) is 20.3 Å². The molecule has 5 heteroatoms. The van der Waals surface area contributed by atoms with Crippen LogP contribution in [0.15, 0.2) is 17.6 Å². The predicted octanol–water partition coefficient (Wildman–Crippen LogP) is 3.20. The monoisotopic (exact) mass is 291 g/mol. The van der Waals surface area contributed by atoms with Crippen molar-refractivity contribution >= 4 is 17.1 Å². The quantitative estimate of drug-likeness (QED) is 0.794. The lowest BCUT2D eigenvalue weighted by Crippen LogP contribution is -2.07. The van der Waals surface area contributed by atoms with Crippen molar-refractivity contribution in [3.05, 3.63) is 39.3 Å². The van der Waals surface area contributed by atoms with Gasteiger partial charge in [0.15, 0.2) is 5.78 Å². The molecule has 0 amide bonds. The molecular weight excluding hydrogens is 274 g/mol. The summed E-state index contributed by atoms with van der Waals surface area (Å²) in [6.45, 7) is 3.87. The van der Waals surface area contributed by atoms with E-state index in [0.29, 0.717) is 10.6 Å². The molecule has 0 spiro atoms. The minimum Gasteiger partial charge on any atom is -0.496 e. The van der Waals surface area contributed by atoms with Gasteiger partial charge >= 0.3 is 0 Å². The van der Waals surface area contributed by atoms with Gasteiger partial charge in [-0.3, -0.25) is 9.78 Å². The molecule has 0 aliphatic heterocycles. The molecule has 0 N–H and O–H groups in total. The molecule has 20 heavy (non-hydrogen) atoms. The molecule has 2 aromatic rings. The van der Waals surface area contributed by atoms with Crippen LogP contribution in [0.25, 0.3) is 0 Å². The molecule has 0 atom stereocenters. The van der Waals surface area contributed by atoms with Crippen LogP contribution in [0.5, 0.6) is 11.5 Å².